The number of carboxylic acid groups (broad SMARTS) is 1. The molecule has 0 spiro atoms. The highest BCUT2D eigenvalue weighted by Crippen LogP contribution is 2.21. The lowest BCUT2D eigenvalue weighted by atomic mass is 10.1. The van der Waals surface area contributed by atoms with Crippen LogP contribution in [0.25, 0.3) is 0 Å². The maximum Gasteiger partial charge on any atom is 0.336 e. The van der Waals surface area contributed by atoms with Gasteiger partial charge in [0.25, 0.3) is 11.7 Å². The van der Waals surface area contributed by atoms with Gasteiger partial charge in [0, 0.05) is 12.6 Å². The van der Waals surface area contributed by atoms with Gasteiger partial charge in [-0.15, -0.1) is 11.3 Å². The van der Waals surface area contributed by atoms with Crippen LogP contribution in [0.15, 0.2) is 16.4 Å². The zero-order chi connectivity index (χ0) is 14.2. The molecule has 1 aliphatic rings. The molecule has 0 radical (unpaired) electrons. The summed E-state index contributed by atoms with van der Waals surface area (Å²) in [5.41, 5.74) is 0.293. The third kappa shape index (κ3) is 2.06. The molecule has 0 fully saturated rings. The molecular formula is C11H8N2O5S. The second-order valence-corrected chi connectivity index (χ2v) is 4.66. The van der Waals surface area contributed by atoms with E-state index in [1.165, 1.54) is 13.1 Å². The van der Waals surface area contributed by atoms with Crippen molar-refractivity contribution in [3.63, 3.8) is 0 Å². The van der Waals surface area contributed by atoms with E-state index in [2.05, 4.69) is 4.99 Å². The summed E-state index contributed by atoms with van der Waals surface area (Å²) in [6.07, 6.45) is 0.582. The Morgan fingerprint density at radius 2 is 2.21 bits per heavy atom. The highest BCUT2D eigenvalue weighted by atomic mass is 32.1. The van der Waals surface area contributed by atoms with Gasteiger partial charge < -0.3 is 5.11 Å². The normalized spacial score (nSPS) is 19.3. The topological polar surface area (TPSA) is 104 Å². The molecule has 1 unspecified atom stereocenters. The van der Waals surface area contributed by atoms with Gasteiger partial charge in [-0.2, -0.15) is 0 Å². The highest BCUT2D eigenvalue weighted by molar-refractivity contribution is 7.12. The maximum atomic E-state index is 11.7. The number of ketones is 1. The second-order valence-electron chi connectivity index (χ2n) is 3.74. The number of aldehydes is 1. The van der Waals surface area contributed by atoms with Crippen LogP contribution in [-0.2, 0) is 14.4 Å². The third-order valence-corrected chi connectivity index (χ3v) is 3.52. The van der Waals surface area contributed by atoms with Crippen molar-refractivity contribution >= 4 is 41.1 Å². The molecule has 0 saturated carbocycles. The van der Waals surface area contributed by atoms with Gasteiger partial charge in [-0.05, 0) is 11.4 Å². The Labute approximate surface area is 111 Å². The molecule has 1 N–H and O–H groups in total. The van der Waals surface area contributed by atoms with E-state index >= 15 is 0 Å². The summed E-state index contributed by atoms with van der Waals surface area (Å²) < 4.78 is 0. The minimum atomic E-state index is -1.75. The predicted molar refractivity (Wildman–Crippen MR) is 65.4 cm³/mol. The first-order chi connectivity index (χ1) is 8.97. The number of hydrogen-bond acceptors (Lipinski definition) is 6. The van der Waals surface area contributed by atoms with E-state index in [0.29, 0.717) is 16.7 Å². The van der Waals surface area contributed by atoms with Gasteiger partial charge in [0.15, 0.2) is 6.29 Å². The summed E-state index contributed by atoms with van der Waals surface area (Å²) in [4.78, 5) is 50.1. The summed E-state index contributed by atoms with van der Waals surface area (Å²) in [7, 11) is 1.31. The summed E-state index contributed by atoms with van der Waals surface area (Å²) in [5, 5.41) is 10.5. The number of hydrogen-bond donors (Lipinski definition) is 1. The fraction of sp³-hybridized carbons (Fsp3) is 0.182. The molecule has 1 aliphatic heterocycles. The number of aliphatic carboxylic acids is 1. The van der Waals surface area contributed by atoms with Crippen molar-refractivity contribution < 1.29 is 24.3 Å². The zero-order valence-corrected chi connectivity index (χ0v) is 10.5. The van der Waals surface area contributed by atoms with E-state index < -0.39 is 23.7 Å². The molecule has 0 aliphatic carbocycles. The molecule has 19 heavy (non-hydrogen) atoms. The Kier molecular flexibility index (Phi) is 3.26. The van der Waals surface area contributed by atoms with Gasteiger partial charge in [-0.3, -0.25) is 19.3 Å². The Morgan fingerprint density at radius 3 is 2.79 bits per heavy atom. The van der Waals surface area contributed by atoms with E-state index in [-0.39, 0.29) is 5.84 Å². The van der Waals surface area contributed by atoms with E-state index in [9.17, 15) is 19.2 Å². The Balaban J connectivity index is 2.57. The first-order valence-electron chi connectivity index (χ1n) is 5.13. The third-order valence-electron chi connectivity index (χ3n) is 2.59. The monoisotopic (exact) mass is 280 g/mol. The Morgan fingerprint density at radius 1 is 1.53 bits per heavy atom. The van der Waals surface area contributed by atoms with E-state index in [4.69, 9.17) is 5.11 Å². The molecule has 8 heteroatoms. The van der Waals surface area contributed by atoms with Crippen molar-refractivity contribution in [1.29, 1.82) is 0 Å². The molecule has 1 amide bonds. The second kappa shape index (κ2) is 4.73. The smallest absolute Gasteiger partial charge is 0.336 e. The molecule has 98 valence electrons. The van der Waals surface area contributed by atoms with Crippen LogP contribution < -0.4 is 0 Å². The number of rotatable bonds is 3. The van der Waals surface area contributed by atoms with Crippen LogP contribution in [0.5, 0.6) is 0 Å². The average molecular weight is 280 g/mol. The molecule has 0 saturated heterocycles. The number of aliphatic imine (C=N–C) groups is 1. The van der Waals surface area contributed by atoms with Gasteiger partial charge >= 0.3 is 5.97 Å². The number of likely N-dealkylation sites (N-methyl/N-ethyl adjacent to an activating group) is 1. The van der Waals surface area contributed by atoms with E-state index in [1.54, 1.807) is 5.38 Å². The molecule has 0 aromatic carbocycles. The van der Waals surface area contributed by atoms with Gasteiger partial charge in [-0.25, -0.2) is 9.79 Å². The lowest BCUT2D eigenvalue weighted by Gasteiger charge is -2.24. The molecule has 7 nitrogen and oxygen atoms in total. The highest BCUT2D eigenvalue weighted by Gasteiger charge is 2.40. The maximum absolute atomic E-state index is 11.7. The molecular weight excluding hydrogens is 272 g/mol. The quantitative estimate of drug-likeness (QED) is 0.469. The molecule has 2 heterocycles. The van der Waals surface area contributed by atoms with Gasteiger partial charge in [0.2, 0.25) is 6.04 Å². The van der Waals surface area contributed by atoms with Crippen LogP contribution >= 0.6 is 11.3 Å². The average Bonchev–Trinajstić information content (AvgIpc) is 2.84. The van der Waals surface area contributed by atoms with E-state index in [0.717, 1.165) is 16.2 Å². The van der Waals surface area contributed by atoms with Crippen molar-refractivity contribution in [1.82, 2.24) is 4.90 Å². The molecule has 2 rings (SSSR count). The number of amides is 1. The lowest BCUT2D eigenvalue weighted by molar-refractivity contribution is -0.149. The summed E-state index contributed by atoms with van der Waals surface area (Å²) in [5.74, 6) is -3.52. The van der Waals surface area contributed by atoms with Crippen molar-refractivity contribution in [2.24, 2.45) is 4.99 Å². The number of carbonyl (C=O) groups excluding carboxylic acids is 3. The van der Waals surface area contributed by atoms with Crippen molar-refractivity contribution in [3.05, 3.63) is 21.9 Å². The largest absolute Gasteiger partial charge is 0.479 e. The van der Waals surface area contributed by atoms with Crippen LogP contribution in [0.4, 0.5) is 0 Å². The molecule has 1 aromatic heterocycles. The van der Waals surface area contributed by atoms with Crippen molar-refractivity contribution in [2.45, 2.75) is 6.04 Å². The Hall–Kier alpha value is -2.35. The fourth-order valence-electron chi connectivity index (χ4n) is 1.62. The Bertz CT molecular complexity index is 618. The minimum Gasteiger partial charge on any atom is -0.479 e. The van der Waals surface area contributed by atoms with Gasteiger partial charge in [0.1, 0.15) is 5.84 Å². The first-order valence-corrected chi connectivity index (χ1v) is 6.01. The summed E-state index contributed by atoms with van der Waals surface area (Å²) >= 11 is 1.14. The summed E-state index contributed by atoms with van der Waals surface area (Å²) in [6, 6.07) is -0.222. The predicted octanol–water partition coefficient (Wildman–Crippen LogP) is -0.198. The number of thiophene rings is 1. The van der Waals surface area contributed by atoms with Crippen LogP contribution in [0, 0.1) is 0 Å². The number of Topliss-reactive ketones (excluding diaryl/α,β-unsaturated/α-hetero) is 1. The number of carboxylic acids is 1. The number of amidine groups is 1. The van der Waals surface area contributed by atoms with Crippen LogP contribution in [0.3, 0.4) is 0 Å². The fourth-order valence-corrected chi connectivity index (χ4v) is 2.52. The lowest BCUT2D eigenvalue weighted by Crippen LogP contribution is -2.50. The van der Waals surface area contributed by atoms with Gasteiger partial charge in [-0.1, -0.05) is 0 Å². The SMILES string of the molecule is CN1C(=O)C(=O)C(C(=O)O)N=C1c1sccc1C=O. The van der Waals surface area contributed by atoms with Crippen molar-refractivity contribution in [3.8, 4) is 0 Å². The summed E-state index contributed by atoms with van der Waals surface area (Å²) in [6.45, 7) is 0. The molecule has 1 aromatic rings. The van der Waals surface area contributed by atoms with Crippen LogP contribution in [-0.4, -0.2) is 52.9 Å². The van der Waals surface area contributed by atoms with E-state index in [1.807, 2.05) is 0 Å². The number of carbonyl (C=O) groups is 4. The van der Waals surface area contributed by atoms with Gasteiger partial charge in [0.05, 0.1) is 4.88 Å². The minimum absolute atomic E-state index is 0.0223. The zero-order valence-electron chi connectivity index (χ0n) is 9.69. The first kappa shape index (κ1) is 13.1. The van der Waals surface area contributed by atoms with Crippen LogP contribution in [0.1, 0.15) is 15.2 Å². The van der Waals surface area contributed by atoms with Crippen LogP contribution in [0.2, 0.25) is 0 Å². The molecule has 0 bridgehead atoms. The molecule has 1 atom stereocenters. The van der Waals surface area contributed by atoms with Crippen molar-refractivity contribution in [2.75, 3.05) is 7.05 Å². The number of nitrogens with zero attached hydrogens (tertiary/aromatic N) is 2. The standard InChI is InChI=1S/C11H8N2O5S/c1-13-9(8-5(4-14)2-3-19-8)12-6(11(17)18)7(15)10(13)16/h2-4,6H,1H3,(H,17,18).